The zero-order valence-corrected chi connectivity index (χ0v) is 24.6. The van der Waals surface area contributed by atoms with Crippen molar-refractivity contribution in [2.75, 3.05) is 0 Å². The van der Waals surface area contributed by atoms with E-state index in [4.69, 9.17) is 40.0 Å². The topological polar surface area (TPSA) is 132 Å². The van der Waals surface area contributed by atoms with E-state index in [1.807, 2.05) is 76.2 Å². The molecule has 4 aromatic rings. The third-order valence-electron chi connectivity index (χ3n) is 6.83. The lowest BCUT2D eigenvalue weighted by molar-refractivity contribution is 0.498. The maximum absolute atomic E-state index is 8.70. The van der Waals surface area contributed by atoms with Gasteiger partial charge < -0.3 is 18.9 Å². The van der Waals surface area contributed by atoms with Gasteiger partial charge in [0.05, 0.1) is 0 Å². The van der Waals surface area contributed by atoms with Crippen molar-refractivity contribution < 1.29 is 18.9 Å². The fraction of sp³-hybridized carbons (Fsp3) is 0.200. The molecule has 0 amide bonds. The summed E-state index contributed by atoms with van der Waals surface area (Å²) in [6.07, 6.45) is 7.51. The van der Waals surface area contributed by atoms with Gasteiger partial charge in [-0.1, -0.05) is 55.5 Å². The molecule has 0 bridgehead atoms. The first-order valence-electron chi connectivity index (χ1n) is 13.3. The van der Waals surface area contributed by atoms with Crippen LogP contribution >= 0.6 is 0 Å². The van der Waals surface area contributed by atoms with Gasteiger partial charge in [0.25, 0.3) is 25.0 Å². The van der Waals surface area contributed by atoms with Gasteiger partial charge in [-0.15, -0.1) is 21.0 Å². The van der Waals surface area contributed by atoms with Crippen LogP contribution in [0, 0.1) is 73.8 Å². The van der Waals surface area contributed by atoms with Gasteiger partial charge in [-0.25, -0.2) is 0 Å². The maximum Gasteiger partial charge on any atom is 0.292 e. The van der Waals surface area contributed by atoms with Gasteiger partial charge in [-0.3, -0.25) is 0 Å². The number of ether oxygens (including phenoxy) is 4. The summed E-state index contributed by atoms with van der Waals surface area (Å²) >= 11 is 0. The number of hydrogen-bond donors (Lipinski definition) is 0. The number of rotatable bonds is 8. The van der Waals surface area contributed by atoms with Crippen LogP contribution in [0.3, 0.4) is 0 Å². The number of nitriles is 4. The van der Waals surface area contributed by atoms with E-state index >= 15 is 0 Å². The van der Waals surface area contributed by atoms with E-state index in [9.17, 15) is 0 Å². The molecular formula is C35H30N4O4. The largest absolute Gasteiger partial charge is 0.388 e. The standard InChI is InChI=1S/C19H18N2O2.C16H12N2O2/c1-12-5-16(6-13(2)18(12)22-10-20)9-17-7-14(3)19(23-11-21)15(4)8-17;1-12(13-2-6-15(7-3-13)19-10-17)14-4-8-16(9-5-14)20-11-18/h5-8H,9H2,1-4H3;2-9,12H,1H3. The zero-order valence-electron chi connectivity index (χ0n) is 24.6. The van der Waals surface area contributed by atoms with Crippen molar-refractivity contribution in [2.24, 2.45) is 0 Å². The Morgan fingerprint density at radius 1 is 0.512 bits per heavy atom. The van der Waals surface area contributed by atoms with Gasteiger partial charge in [0, 0.05) is 5.92 Å². The molecule has 0 aliphatic carbocycles. The molecule has 4 aromatic carbocycles. The maximum atomic E-state index is 8.70. The summed E-state index contributed by atoms with van der Waals surface area (Å²) in [4.78, 5) is 0. The Hall–Kier alpha value is -5.96. The minimum Gasteiger partial charge on any atom is -0.388 e. The first-order valence-corrected chi connectivity index (χ1v) is 13.3. The molecule has 0 heterocycles. The summed E-state index contributed by atoms with van der Waals surface area (Å²) in [6.45, 7) is 9.82. The monoisotopic (exact) mass is 570 g/mol. The fourth-order valence-electron chi connectivity index (χ4n) is 4.88. The van der Waals surface area contributed by atoms with Crippen LogP contribution in [0.15, 0.2) is 72.8 Å². The van der Waals surface area contributed by atoms with Crippen molar-refractivity contribution in [3.05, 3.63) is 117 Å². The molecule has 0 aliphatic rings. The van der Waals surface area contributed by atoms with Crippen LogP contribution in [0.5, 0.6) is 23.0 Å². The Morgan fingerprint density at radius 2 is 0.814 bits per heavy atom. The molecule has 0 atom stereocenters. The molecule has 8 heteroatoms. The van der Waals surface area contributed by atoms with Gasteiger partial charge in [-0.05, 0) is 103 Å². The van der Waals surface area contributed by atoms with Crippen LogP contribution < -0.4 is 18.9 Å². The van der Waals surface area contributed by atoms with Crippen LogP contribution in [0.25, 0.3) is 0 Å². The van der Waals surface area contributed by atoms with E-state index in [0.29, 0.717) is 23.0 Å². The van der Waals surface area contributed by atoms with E-state index in [1.165, 1.54) is 0 Å². The average molecular weight is 571 g/mol. The van der Waals surface area contributed by atoms with Crippen LogP contribution in [0.1, 0.15) is 57.3 Å². The van der Waals surface area contributed by atoms with Gasteiger partial charge in [-0.2, -0.15) is 0 Å². The molecule has 0 radical (unpaired) electrons. The molecule has 0 N–H and O–H groups in total. The SMILES string of the molecule is CC(c1ccc(OC#N)cc1)c1ccc(OC#N)cc1.Cc1cc(Cc2cc(C)c(OC#N)c(C)c2)cc(C)c1OC#N. The van der Waals surface area contributed by atoms with Crippen molar-refractivity contribution in [3.63, 3.8) is 0 Å². The van der Waals surface area contributed by atoms with Crippen molar-refractivity contribution >= 4 is 0 Å². The summed E-state index contributed by atoms with van der Waals surface area (Å²) in [7, 11) is 0. The third kappa shape index (κ3) is 8.51. The predicted molar refractivity (Wildman–Crippen MR) is 160 cm³/mol. The predicted octanol–water partition coefficient (Wildman–Crippen LogP) is 7.79. The van der Waals surface area contributed by atoms with Crippen LogP contribution in [0.2, 0.25) is 0 Å². The number of hydrogen-bond acceptors (Lipinski definition) is 8. The van der Waals surface area contributed by atoms with Crippen molar-refractivity contribution in [1.82, 2.24) is 0 Å². The van der Waals surface area contributed by atoms with Gasteiger partial charge in [0.1, 0.15) is 23.0 Å². The number of aryl methyl sites for hydroxylation is 4. The smallest absolute Gasteiger partial charge is 0.292 e. The quantitative estimate of drug-likeness (QED) is 0.196. The summed E-state index contributed by atoms with van der Waals surface area (Å²) in [5, 5.41) is 34.3. The number of benzene rings is 4. The van der Waals surface area contributed by atoms with Gasteiger partial charge in [0.2, 0.25) is 0 Å². The third-order valence-corrected chi connectivity index (χ3v) is 6.83. The lowest BCUT2D eigenvalue weighted by atomic mass is 9.93. The molecule has 8 nitrogen and oxygen atoms in total. The molecule has 0 fully saturated rings. The van der Waals surface area contributed by atoms with E-state index in [2.05, 4.69) is 6.92 Å². The van der Waals surface area contributed by atoms with Crippen molar-refractivity contribution in [2.45, 2.75) is 47.0 Å². The minimum atomic E-state index is 0.197. The molecule has 0 saturated heterocycles. The van der Waals surface area contributed by atoms with Crippen LogP contribution in [-0.4, -0.2) is 0 Å². The highest BCUT2D eigenvalue weighted by Gasteiger charge is 2.11. The average Bonchev–Trinajstić information content (AvgIpc) is 2.98. The van der Waals surface area contributed by atoms with Crippen molar-refractivity contribution in [3.8, 4) is 48.0 Å². The molecule has 0 unspecified atom stereocenters. The molecule has 4 rings (SSSR count). The molecule has 43 heavy (non-hydrogen) atoms. The zero-order chi connectivity index (χ0) is 31.4. The minimum absolute atomic E-state index is 0.197. The first-order chi connectivity index (χ1) is 20.7. The molecule has 0 aromatic heterocycles. The molecular weight excluding hydrogens is 540 g/mol. The highest BCUT2D eigenvalue weighted by Crippen LogP contribution is 2.29. The lowest BCUT2D eigenvalue weighted by Crippen LogP contribution is -1.97. The Morgan fingerprint density at radius 3 is 1.09 bits per heavy atom. The Kier molecular flexibility index (Phi) is 11.1. The number of nitrogens with zero attached hydrogens (tertiary/aromatic N) is 4. The normalized spacial score (nSPS) is 9.72. The van der Waals surface area contributed by atoms with E-state index in [0.717, 1.165) is 50.9 Å². The second kappa shape index (κ2) is 15.2. The van der Waals surface area contributed by atoms with Gasteiger partial charge in [0.15, 0.2) is 0 Å². The molecule has 0 saturated carbocycles. The Labute approximate surface area is 252 Å². The fourth-order valence-corrected chi connectivity index (χ4v) is 4.88. The van der Waals surface area contributed by atoms with Crippen LogP contribution in [0.4, 0.5) is 0 Å². The van der Waals surface area contributed by atoms with Crippen molar-refractivity contribution in [1.29, 1.82) is 21.0 Å². The highest BCUT2D eigenvalue weighted by atomic mass is 16.5. The summed E-state index contributed by atoms with van der Waals surface area (Å²) in [5.74, 6) is 2.51. The second-order valence-corrected chi connectivity index (χ2v) is 9.93. The highest BCUT2D eigenvalue weighted by molar-refractivity contribution is 5.48. The van der Waals surface area contributed by atoms with Crippen LogP contribution in [-0.2, 0) is 6.42 Å². The van der Waals surface area contributed by atoms with E-state index in [1.54, 1.807) is 49.3 Å². The van der Waals surface area contributed by atoms with Gasteiger partial charge >= 0.3 is 0 Å². The Bertz CT molecular complexity index is 1560. The second-order valence-electron chi connectivity index (χ2n) is 9.93. The molecule has 214 valence electrons. The van der Waals surface area contributed by atoms with E-state index < -0.39 is 0 Å². The molecule has 0 spiro atoms. The first kappa shape index (κ1) is 31.6. The summed E-state index contributed by atoms with van der Waals surface area (Å²) in [6, 6.07) is 22.9. The lowest BCUT2D eigenvalue weighted by Gasteiger charge is -2.13. The summed E-state index contributed by atoms with van der Waals surface area (Å²) < 4.78 is 19.5. The molecule has 0 aliphatic heterocycles. The summed E-state index contributed by atoms with van der Waals surface area (Å²) in [5.41, 5.74) is 8.31. The Balaban J connectivity index is 0.000000238. The van der Waals surface area contributed by atoms with E-state index in [-0.39, 0.29) is 5.92 Å².